The lowest BCUT2D eigenvalue weighted by molar-refractivity contribution is -0.145. The number of carbonyl (C=O) groups is 1. The maximum atomic E-state index is 13.3. The molecule has 0 aliphatic heterocycles. The maximum Gasteiger partial charge on any atom is 0.433 e. The third-order valence-corrected chi connectivity index (χ3v) is 3.04. The van der Waals surface area contributed by atoms with Crippen molar-refractivity contribution in [1.82, 2.24) is 20.0 Å². The first kappa shape index (κ1) is 15.9. The van der Waals surface area contributed by atoms with E-state index >= 15 is 0 Å². The molecule has 2 aromatic rings. The summed E-state index contributed by atoms with van der Waals surface area (Å²) >= 11 is 0. The lowest BCUT2D eigenvalue weighted by atomic mass is 10.2. The zero-order valence-electron chi connectivity index (χ0n) is 12.2. The standard InChI is InChI=1S/C13H14F3N5O/c1-8(2)21-11(13(14,15)16)10(7-19-21)12(22)20(3)9-4-5-17-18-6-9/h4-8H,1-3H3. The number of hydrogen-bond donors (Lipinski definition) is 0. The summed E-state index contributed by atoms with van der Waals surface area (Å²) in [5.74, 6) is -0.813. The molecule has 6 nitrogen and oxygen atoms in total. The minimum atomic E-state index is -4.68. The van der Waals surface area contributed by atoms with Gasteiger partial charge in [0.1, 0.15) is 0 Å². The fourth-order valence-electron chi connectivity index (χ4n) is 1.97. The zero-order chi connectivity index (χ0) is 16.5. The third kappa shape index (κ3) is 2.92. The highest BCUT2D eigenvalue weighted by atomic mass is 19.4. The van der Waals surface area contributed by atoms with Crippen molar-refractivity contribution in [1.29, 1.82) is 0 Å². The van der Waals surface area contributed by atoms with Crippen molar-refractivity contribution in [3.8, 4) is 0 Å². The predicted octanol–water partition coefficient (Wildman–Crippen LogP) is 2.55. The molecule has 9 heteroatoms. The van der Waals surface area contributed by atoms with Crippen LogP contribution in [0.2, 0.25) is 0 Å². The van der Waals surface area contributed by atoms with Gasteiger partial charge < -0.3 is 4.90 Å². The van der Waals surface area contributed by atoms with Crippen molar-refractivity contribution in [3.63, 3.8) is 0 Å². The molecule has 0 N–H and O–H groups in total. The van der Waals surface area contributed by atoms with Crippen LogP contribution in [0.15, 0.2) is 24.7 Å². The molecule has 0 saturated carbocycles. The van der Waals surface area contributed by atoms with Crippen LogP contribution in [0.25, 0.3) is 0 Å². The number of halogens is 3. The Morgan fingerprint density at radius 3 is 2.45 bits per heavy atom. The first-order valence-corrected chi connectivity index (χ1v) is 6.43. The Kier molecular flexibility index (Phi) is 4.16. The summed E-state index contributed by atoms with van der Waals surface area (Å²) in [5.41, 5.74) is -1.22. The molecular formula is C13H14F3N5O. The molecule has 0 fully saturated rings. The Morgan fingerprint density at radius 2 is 1.95 bits per heavy atom. The highest BCUT2D eigenvalue weighted by Crippen LogP contribution is 2.34. The number of nitrogens with zero attached hydrogens (tertiary/aromatic N) is 5. The van der Waals surface area contributed by atoms with Gasteiger partial charge >= 0.3 is 6.18 Å². The first-order chi connectivity index (χ1) is 10.2. The van der Waals surface area contributed by atoms with Crippen molar-refractivity contribution in [3.05, 3.63) is 35.9 Å². The summed E-state index contributed by atoms with van der Waals surface area (Å²) in [5, 5.41) is 10.9. The van der Waals surface area contributed by atoms with Crippen LogP contribution in [0, 0.1) is 0 Å². The van der Waals surface area contributed by atoms with E-state index in [1.54, 1.807) is 13.8 Å². The largest absolute Gasteiger partial charge is 0.433 e. The van der Waals surface area contributed by atoms with Crippen LogP contribution < -0.4 is 4.90 Å². The second-order valence-electron chi connectivity index (χ2n) is 4.91. The number of aromatic nitrogens is 4. The van der Waals surface area contributed by atoms with Crippen LogP contribution in [-0.4, -0.2) is 32.9 Å². The summed E-state index contributed by atoms with van der Waals surface area (Å²) in [4.78, 5) is 13.4. The van der Waals surface area contributed by atoms with E-state index in [9.17, 15) is 18.0 Å². The summed E-state index contributed by atoms with van der Waals surface area (Å²) in [6, 6.07) is 0.955. The minimum Gasteiger partial charge on any atom is -0.310 e. The van der Waals surface area contributed by atoms with Gasteiger partial charge in [0.2, 0.25) is 0 Å². The summed E-state index contributed by atoms with van der Waals surface area (Å²) in [7, 11) is 1.37. The molecule has 2 aromatic heterocycles. The number of alkyl halides is 3. The lowest BCUT2D eigenvalue weighted by Gasteiger charge is -2.19. The highest BCUT2D eigenvalue weighted by Gasteiger charge is 2.41. The fraction of sp³-hybridized carbons (Fsp3) is 0.385. The van der Waals surface area contributed by atoms with E-state index in [2.05, 4.69) is 15.3 Å². The van der Waals surface area contributed by atoms with Crippen LogP contribution in [0.1, 0.15) is 35.9 Å². The van der Waals surface area contributed by atoms with Crippen molar-refractivity contribution in [2.24, 2.45) is 0 Å². The lowest BCUT2D eigenvalue weighted by Crippen LogP contribution is -2.29. The molecule has 2 rings (SSSR count). The minimum absolute atomic E-state index is 0.338. The number of hydrogen-bond acceptors (Lipinski definition) is 4. The molecule has 0 atom stereocenters. The molecule has 2 heterocycles. The van der Waals surface area contributed by atoms with Crippen LogP contribution in [-0.2, 0) is 6.18 Å². The highest BCUT2D eigenvalue weighted by molar-refractivity contribution is 6.06. The molecule has 0 radical (unpaired) electrons. The Hall–Kier alpha value is -2.45. The van der Waals surface area contributed by atoms with Gasteiger partial charge in [-0.25, -0.2) is 0 Å². The summed E-state index contributed by atoms with van der Waals surface area (Å²) in [6.07, 6.45) is -1.10. The van der Waals surface area contributed by atoms with Gasteiger partial charge in [-0.3, -0.25) is 9.48 Å². The molecule has 0 bridgehead atoms. The molecular weight excluding hydrogens is 299 g/mol. The van der Waals surface area contributed by atoms with Crippen LogP contribution in [0.3, 0.4) is 0 Å². The van der Waals surface area contributed by atoms with Crippen molar-refractivity contribution >= 4 is 11.6 Å². The van der Waals surface area contributed by atoms with Gasteiger partial charge in [0.15, 0.2) is 5.69 Å². The van der Waals surface area contributed by atoms with Gasteiger partial charge in [-0.15, -0.1) is 0 Å². The summed E-state index contributed by atoms with van der Waals surface area (Å²) in [6.45, 7) is 3.12. The van der Waals surface area contributed by atoms with E-state index < -0.39 is 29.4 Å². The first-order valence-electron chi connectivity index (χ1n) is 6.43. The molecule has 22 heavy (non-hydrogen) atoms. The van der Waals surface area contributed by atoms with Crippen LogP contribution >= 0.6 is 0 Å². The molecule has 0 saturated heterocycles. The van der Waals surface area contributed by atoms with E-state index in [0.29, 0.717) is 5.69 Å². The van der Waals surface area contributed by atoms with Gasteiger partial charge in [-0.05, 0) is 19.9 Å². The number of amides is 1. The third-order valence-electron chi connectivity index (χ3n) is 3.04. The van der Waals surface area contributed by atoms with Gasteiger partial charge in [0, 0.05) is 13.1 Å². The quantitative estimate of drug-likeness (QED) is 0.873. The smallest absolute Gasteiger partial charge is 0.310 e. The van der Waals surface area contributed by atoms with Crippen molar-refractivity contribution in [2.75, 3.05) is 11.9 Å². The number of carbonyl (C=O) groups excluding carboxylic acids is 1. The monoisotopic (exact) mass is 313 g/mol. The fourth-order valence-corrected chi connectivity index (χ4v) is 1.97. The number of rotatable bonds is 3. The average Bonchev–Trinajstić information content (AvgIpc) is 2.92. The molecule has 0 spiro atoms. The van der Waals surface area contributed by atoms with Crippen molar-refractivity contribution < 1.29 is 18.0 Å². The Labute approximate surface area is 124 Å². The predicted molar refractivity (Wildman–Crippen MR) is 72.4 cm³/mol. The second-order valence-corrected chi connectivity index (χ2v) is 4.91. The Bertz CT molecular complexity index is 666. The molecule has 0 aliphatic rings. The average molecular weight is 313 g/mol. The van der Waals surface area contributed by atoms with Crippen LogP contribution in [0.4, 0.5) is 18.9 Å². The Balaban J connectivity index is 2.47. The van der Waals surface area contributed by atoms with Gasteiger partial charge in [0.05, 0.1) is 29.8 Å². The second kappa shape index (κ2) is 5.74. The number of anilines is 1. The van der Waals surface area contributed by atoms with E-state index in [1.807, 2.05) is 0 Å². The molecule has 0 aliphatic carbocycles. The van der Waals surface area contributed by atoms with E-state index in [1.165, 1.54) is 25.5 Å². The van der Waals surface area contributed by atoms with E-state index in [4.69, 9.17) is 0 Å². The van der Waals surface area contributed by atoms with E-state index in [0.717, 1.165) is 15.8 Å². The zero-order valence-corrected chi connectivity index (χ0v) is 12.2. The normalized spacial score (nSPS) is 11.8. The molecule has 118 valence electrons. The molecule has 1 amide bonds. The van der Waals surface area contributed by atoms with Crippen molar-refractivity contribution in [2.45, 2.75) is 26.1 Å². The van der Waals surface area contributed by atoms with Gasteiger partial charge in [-0.1, -0.05) is 0 Å². The topological polar surface area (TPSA) is 63.9 Å². The van der Waals surface area contributed by atoms with Gasteiger partial charge in [-0.2, -0.15) is 28.5 Å². The SMILES string of the molecule is CC(C)n1ncc(C(=O)N(C)c2ccnnc2)c1C(F)(F)F. The van der Waals surface area contributed by atoms with Crippen LogP contribution in [0.5, 0.6) is 0 Å². The Morgan fingerprint density at radius 1 is 1.27 bits per heavy atom. The molecule has 0 unspecified atom stereocenters. The van der Waals surface area contributed by atoms with E-state index in [-0.39, 0.29) is 0 Å². The molecule has 0 aromatic carbocycles. The summed E-state index contributed by atoms with van der Waals surface area (Å²) < 4.78 is 40.6. The van der Waals surface area contributed by atoms with Gasteiger partial charge in [0.25, 0.3) is 5.91 Å². The maximum absolute atomic E-state index is 13.3.